The Kier molecular flexibility index (Phi) is 3.09. The van der Waals surface area contributed by atoms with Gasteiger partial charge in [-0.1, -0.05) is 35.9 Å². The van der Waals surface area contributed by atoms with Crippen LogP contribution in [-0.4, -0.2) is 11.9 Å². The molecule has 0 amide bonds. The Morgan fingerprint density at radius 1 is 1.21 bits per heavy atom. The van der Waals surface area contributed by atoms with E-state index in [1.807, 2.05) is 31.2 Å². The fraction of sp³-hybridized carbons (Fsp3) is 0.200. The number of halogens is 1. The summed E-state index contributed by atoms with van der Waals surface area (Å²) in [7, 11) is 0. The van der Waals surface area contributed by atoms with Crippen molar-refractivity contribution in [1.29, 1.82) is 0 Å². The maximum absolute atomic E-state index is 10.5. The zero-order valence-corrected chi connectivity index (χ0v) is 11.1. The van der Waals surface area contributed by atoms with Crippen molar-refractivity contribution in [2.45, 2.75) is 13.0 Å². The van der Waals surface area contributed by atoms with Crippen LogP contribution < -0.4 is 9.47 Å². The van der Waals surface area contributed by atoms with Crippen molar-refractivity contribution in [2.75, 3.05) is 6.79 Å². The van der Waals surface area contributed by atoms with E-state index in [0.29, 0.717) is 22.1 Å². The highest BCUT2D eigenvalue weighted by Crippen LogP contribution is 2.42. The van der Waals surface area contributed by atoms with Gasteiger partial charge in [-0.25, -0.2) is 0 Å². The molecule has 0 saturated carbocycles. The van der Waals surface area contributed by atoms with Gasteiger partial charge in [0.05, 0.1) is 5.02 Å². The average molecular weight is 277 g/mol. The number of rotatable bonds is 2. The normalized spacial score (nSPS) is 14.5. The summed E-state index contributed by atoms with van der Waals surface area (Å²) < 4.78 is 10.6. The van der Waals surface area contributed by atoms with Gasteiger partial charge >= 0.3 is 0 Å². The third kappa shape index (κ3) is 2.15. The molecular weight excluding hydrogens is 264 g/mol. The standard InChI is InChI=1S/C15H13ClO3/c1-9-4-2-3-5-11(9)14(17)10-6-12(16)15-13(7-10)18-8-19-15/h2-7,14,17H,8H2,1H3. The minimum Gasteiger partial charge on any atom is -0.454 e. The largest absolute Gasteiger partial charge is 0.454 e. The van der Waals surface area contributed by atoms with E-state index >= 15 is 0 Å². The molecule has 0 radical (unpaired) electrons. The van der Waals surface area contributed by atoms with E-state index in [2.05, 4.69) is 0 Å². The molecule has 1 heterocycles. The lowest BCUT2D eigenvalue weighted by Crippen LogP contribution is -2.02. The number of hydrogen-bond acceptors (Lipinski definition) is 3. The maximum atomic E-state index is 10.5. The molecule has 1 unspecified atom stereocenters. The third-order valence-corrected chi connectivity index (χ3v) is 3.53. The van der Waals surface area contributed by atoms with Crippen LogP contribution in [0.25, 0.3) is 0 Å². The van der Waals surface area contributed by atoms with Gasteiger partial charge in [0.15, 0.2) is 11.5 Å². The zero-order valence-electron chi connectivity index (χ0n) is 10.4. The van der Waals surface area contributed by atoms with Gasteiger partial charge in [0.1, 0.15) is 6.10 Å². The van der Waals surface area contributed by atoms with Crippen LogP contribution in [0.5, 0.6) is 11.5 Å². The Morgan fingerprint density at radius 3 is 2.79 bits per heavy atom. The molecule has 98 valence electrons. The first-order valence-corrected chi connectivity index (χ1v) is 6.37. The molecule has 0 saturated heterocycles. The zero-order chi connectivity index (χ0) is 13.4. The van der Waals surface area contributed by atoms with Gasteiger partial charge in [0, 0.05) is 0 Å². The first kappa shape index (κ1) is 12.3. The highest BCUT2D eigenvalue weighted by molar-refractivity contribution is 6.32. The van der Waals surface area contributed by atoms with Crippen molar-refractivity contribution >= 4 is 11.6 Å². The van der Waals surface area contributed by atoms with Crippen LogP contribution in [0.3, 0.4) is 0 Å². The summed E-state index contributed by atoms with van der Waals surface area (Å²) in [6, 6.07) is 11.2. The van der Waals surface area contributed by atoms with Crippen molar-refractivity contribution in [1.82, 2.24) is 0 Å². The summed E-state index contributed by atoms with van der Waals surface area (Å²) in [6.07, 6.45) is -0.729. The Balaban J connectivity index is 2.03. The summed E-state index contributed by atoms with van der Waals surface area (Å²) in [5, 5.41) is 10.9. The molecule has 1 N–H and O–H groups in total. The molecule has 0 bridgehead atoms. The first-order valence-electron chi connectivity index (χ1n) is 5.99. The topological polar surface area (TPSA) is 38.7 Å². The maximum Gasteiger partial charge on any atom is 0.231 e. The predicted molar refractivity (Wildman–Crippen MR) is 72.8 cm³/mol. The van der Waals surface area contributed by atoms with Crippen LogP contribution in [0.2, 0.25) is 5.02 Å². The Bertz CT molecular complexity index is 625. The third-order valence-electron chi connectivity index (χ3n) is 3.25. The minimum atomic E-state index is -0.729. The predicted octanol–water partition coefficient (Wildman–Crippen LogP) is 3.46. The molecule has 2 aromatic carbocycles. The molecule has 1 aliphatic heterocycles. The fourth-order valence-corrected chi connectivity index (χ4v) is 2.49. The number of hydrogen-bond donors (Lipinski definition) is 1. The fourth-order valence-electron chi connectivity index (χ4n) is 2.22. The SMILES string of the molecule is Cc1ccccc1C(O)c1cc(Cl)c2c(c1)OCO2. The van der Waals surface area contributed by atoms with E-state index in [0.717, 1.165) is 11.1 Å². The molecule has 0 fully saturated rings. The number of fused-ring (bicyclic) bond motifs is 1. The van der Waals surface area contributed by atoms with Gasteiger partial charge in [-0.15, -0.1) is 0 Å². The molecule has 2 aromatic rings. The summed E-state index contributed by atoms with van der Waals surface area (Å²) >= 11 is 6.13. The second kappa shape index (κ2) is 4.76. The molecular formula is C15H13ClO3. The Hall–Kier alpha value is -1.71. The van der Waals surface area contributed by atoms with Gasteiger partial charge in [-0.05, 0) is 35.7 Å². The molecule has 19 heavy (non-hydrogen) atoms. The van der Waals surface area contributed by atoms with Crippen LogP contribution in [0.1, 0.15) is 22.8 Å². The van der Waals surface area contributed by atoms with Crippen LogP contribution >= 0.6 is 11.6 Å². The number of ether oxygens (including phenoxy) is 2. The second-order valence-electron chi connectivity index (χ2n) is 4.50. The summed E-state index contributed by atoms with van der Waals surface area (Å²) in [6.45, 7) is 2.13. The quantitative estimate of drug-likeness (QED) is 0.913. The summed E-state index contributed by atoms with van der Waals surface area (Å²) in [4.78, 5) is 0. The highest BCUT2D eigenvalue weighted by atomic mass is 35.5. The number of aliphatic hydroxyl groups excluding tert-OH is 1. The molecule has 4 heteroatoms. The van der Waals surface area contributed by atoms with E-state index in [1.165, 1.54) is 0 Å². The van der Waals surface area contributed by atoms with Gasteiger partial charge in [0.2, 0.25) is 6.79 Å². The van der Waals surface area contributed by atoms with Crippen LogP contribution in [0.4, 0.5) is 0 Å². The molecule has 0 spiro atoms. The molecule has 0 aromatic heterocycles. The van der Waals surface area contributed by atoms with Gasteiger partial charge in [0.25, 0.3) is 0 Å². The monoisotopic (exact) mass is 276 g/mol. The van der Waals surface area contributed by atoms with E-state index in [4.69, 9.17) is 21.1 Å². The Labute approximate surface area is 116 Å². The lowest BCUT2D eigenvalue weighted by molar-refractivity contribution is 0.173. The first-order chi connectivity index (χ1) is 9.16. The van der Waals surface area contributed by atoms with Crippen LogP contribution in [0.15, 0.2) is 36.4 Å². The van der Waals surface area contributed by atoms with Crippen LogP contribution in [-0.2, 0) is 0 Å². The van der Waals surface area contributed by atoms with Crippen molar-refractivity contribution < 1.29 is 14.6 Å². The van der Waals surface area contributed by atoms with Gasteiger partial charge in [-0.2, -0.15) is 0 Å². The van der Waals surface area contributed by atoms with Gasteiger partial charge < -0.3 is 14.6 Å². The van der Waals surface area contributed by atoms with Crippen molar-refractivity contribution in [3.63, 3.8) is 0 Å². The number of aryl methyl sites for hydroxylation is 1. The molecule has 0 aliphatic carbocycles. The minimum absolute atomic E-state index is 0.166. The molecule has 3 nitrogen and oxygen atoms in total. The smallest absolute Gasteiger partial charge is 0.231 e. The Morgan fingerprint density at radius 2 is 2.00 bits per heavy atom. The molecule has 1 atom stereocenters. The molecule has 3 rings (SSSR count). The van der Waals surface area contributed by atoms with E-state index < -0.39 is 6.10 Å². The molecule has 1 aliphatic rings. The van der Waals surface area contributed by atoms with E-state index in [-0.39, 0.29) is 6.79 Å². The van der Waals surface area contributed by atoms with E-state index in [1.54, 1.807) is 12.1 Å². The summed E-state index contributed by atoms with van der Waals surface area (Å²) in [5.74, 6) is 1.12. The number of aliphatic hydroxyl groups is 1. The summed E-state index contributed by atoms with van der Waals surface area (Å²) in [5.41, 5.74) is 2.59. The van der Waals surface area contributed by atoms with Crippen LogP contribution in [0, 0.1) is 6.92 Å². The van der Waals surface area contributed by atoms with E-state index in [9.17, 15) is 5.11 Å². The lowest BCUT2D eigenvalue weighted by Gasteiger charge is -2.15. The number of benzene rings is 2. The van der Waals surface area contributed by atoms with Gasteiger partial charge in [-0.3, -0.25) is 0 Å². The van der Waals surface area contributed by atoms with Crippen molar-refractivity contribution in [3.05, 3.63) is 58.1 Å². The second-order valence-corrected chi connectivity index (χ2v) is 4.90. The highest BCUT2D eigenvalue weighted by Gasteiger charge is 2.22. The van der Waals surface area contributed by atoms with Crippen molar-refractivity contribution in [3.8, 4) is 11.5 Å². The average Bonchev–Trinajstić information content (AvgIpc) is 2.87. The van der Waals surface area contributed by atoms with Crippen molar-refractivity contribution in [2.24, 2.45) is 0 Å². The lowest BCUT2D eigenvalue weighted by atomic mass is 9.97.